The van der Waals surface area contributed by atoms with Crippen molar-refractivity contribution in [1.29, 1.82) is 0 Å². The van der Waals surface area contributed by atoms with Gasteiger partial charge in [0.1, 0.15) is 6.61 Å². The number of methoxy groups -OCH3 is 1. The molecule has 1 heterocycles. The van der Waals surface area contributed by atoms with E-state index >= 15 is 0 Å². The third-order valence-corrected chi connectivity index (χ3v) is 7.41. The van der Waals surface area contributed by atoms with Crippen LogP contribution in [-0.2, 0) is 16.1 Å². The smallest absolute Gasteiger partial charge is 0.336 e. The minimum absolute atomic E-state index is 0.0322. The maximum atomic E-state index is 13.7. The van der Waals surface area contributed by atoms with Gasteiger partial charge in [-0.1, -0.05) is 36.4 Å². The van der Waals surface area contributed by atoms with Crippen molar-refractivity contribution in [2.45, 2.75) is 26.4 Å². The van der Waals surface area contributed by atoms with Crippen molar-refractivity contribution < 1.29 is 28.7 Å². The molecular formula is C30H25BrN2O7. The van der Waals surface area contributed by atoms with E-state index in [1.54, 1.807) is 37.3 Å². The third kappa shape index (κ3) is 4.75. The molecule has 0 unspecified atom stereocenters. The molecule has 10 heteroatoms. The van der Waals surface area contributed by atoms with E-state index in [0.29, 0.717) is 61.8 Å². The zero-order valence-electron chi connectivity index (χ0n) is 21.9. The number of non-ortho nitro benzene ring substituents is 1. The van der Waals surface area contributed by atoms with Crippen molar-refractivity contribution in [2.24, 2.45) is 0 Å². The van der Waals surface area contributed by atoms with Gasteiger partial charge in [0, 0.05) is 40.4 Å². The fourth-order valence-electron chi connectivity index (χ4n) is 5.12. The molecule has 0 fully saturated rings. The highest BCUT2D eigenvalue weighted by molar-refractivity contribution is 9.10. The number of ketones is 1. The van der Waals surface area contributed by atoms with Crippen molar-refractivity contribution in [3.63, 3.8) is 0 Å². The summed E-state index contributed by atoms with van der Waals surface area (Å²) in [7, 11) is 1.31. The number of benzene rings is 3. The number of nitrogens with zero attached hydrogens (tertiary/aromatic N) is 1. The SMILES string of the molecule is CCOc1cc([C@@H]2C(C(=O)OC)=C(C)NC3=C2C(=O)c2ccccc23)cc(Br)c1OCc1cccc([N+](=O)[O-])c1. The van der Waals surface area contributed by atoms with E-state index in [1.165, 1.54) is 19.2 Å². The number of Topliss-reactive ketones (excluding diaryl/α,β-unsaturated/α-hetero) is 1. The average molecular weight is 605 g/mol. The first-order valence-corrected chi connectivity index (χ1v) is 13.3. The Labute approximate surface area is 238 Å². The summed E-state index contributed by atoms with van der Waals surface area (Å²) in [4.78, 5) is 37.5. The lowest BCUT2D eigenvalue weighted by molar-refractivity contribution is -0.384. The molecule has 3 aromatic rings. The number of allylic oxidation sites excluding steroid dienone is 2. The van der Waals surface area contributed by atoms with Crippen LogP contribution in [-0.4, -0.2) is 30.4 Å². The summed E-state index contributed by atoms with van der Waals surface area (Å²) < 4.78 is 17.7. The van der Waals surface area contributed by atoms with Crippen molar-refractivity contribution in [3.8, 4) is 11.5 Å². The van der Waals surface area contributed by atoms with Gasteiger partial charge in [0.25, 0.3) is 5.69 Å². The summed E-state index contributed by atoms with van der Waals surface area (Å²) in [5, 5.41) is 14.4. The molecule has 0 saturated carbocycles. The Hall–Kier alpha value is -4.44. The van der Waals surface area contributed by atoms with Gasteiger partial charge in [0.05, 0.1) is 34.4 Å². The molecule has 0 spiro atoms. The van der Waals surface area contributed by atoms with E-state index in [9.17, 15) is 19.7 Å². The molecule has 1 atom stereocenters. The number of carbonyl (C=O) groups excluding carboxylic acids is 2. The predicted octanol–water partition coefficient (Wildman–Crippen LogP) is 6.08. The van der Waals surface area contributed by atoms with E-state index in [4.69, 9.17) is 14.2 Å². The second kappa shape index (κ2) is 11.0. The molecule has 204 valence electrons. The van der Waals surface area contributed by atoms with Gasteiger partial charge in [0.15, 0.2) is 17.3 Å². The standard InChI is InChI=1S/C30H25BrN2O7/c1-4-39-23-14-18(13-22(31)29(23)40-15-17-8-7-9-19(12-17)33(36)37)25-24(30(35)38-3)16(2)32-27-20-10-5-6-11-21(20)28(34)26(25)27/h5-14,25,32H,4,15H2,1-3H3/t25-/m1/s1. The molecule has 5 rings (SSSR count). The van der Waals surface area contributed by atoms with Crippen molar-refractivity contribution in [1.82, 2.24) is 5.32 Å². The van der Waals surface area contributed by atoms with Crippen LogP contribution < -0.4 is 14.8 Å². The number of nitro benzene ring substituents is 1. The van der Waals surface area contributed by atoms with E-state index in [1.807, 2.05) is 25.1 Å². The molecule has 0 radical (unpaired) electrons. The molecule has 0 aromatic heterocycles. The molecule has 1 N–H and O–H groups in total. The Morgan fingerprint density at radius 3 is 2.52 bits per heavy atom. The first-order chi connectivity index (χ1) is 19.2. The summed E-state index contributed by atoms with van der Waals surface area (Å²) in [6.45, 7) is 4.00. The van der Waals surface area contributed by atoms with Gasteiger partial charge in [-0.2, -0.15) is 0 Å². The summed E-state index contributed by atoms with van der Waals surface area (Å²) in [5.41, 5.74) is 4.57. The zero-order valence-corrected chi connectivity index (χ0v) is 23.5. The Bertz CT molecular complexity index is 1630. The van der Waals surface area contributed by atoms with Crippen LogP contribution in [0.4, 0.5) is 5.69 Å². The molecule has 0 amide bonds. The first kappa shape index (κ1) is 27.1. The van der Waals surface area contributed by atoms with Crippen molar-refractivity contribution in [2.75, 3.05) is 13.7 Å². The molecule has 0 saturated heterocycles. The largest absolute Gasteiger partial charge is 0.490 e. The summed E-state index contributed by atoms with van der Waals surface area (Å²) in [6.07, 6.45) is 0. The molecule has 2 aliphatic rings. The summed E-state index contributed by atoms with van der Waals surface area (Å²) >= 11 is 3.59. The Morgan fingerprint density at radius 1 is 1.07 bits per heavy atom. The van der Waals surface area contributed by atoms with E-state index in [2.05, 4.69) is 21.2 Å². The molecule has 1 aliphatic heterocycles. The number of nitrogens with one attached hydrogen (secondary N) is 1. The van der Waals surface area contributed by atoms with Crippen LogP contribution in [0.3, 0.4) is 0 Å². The maximum absolute atomic E-state index is 13.7. The van der Waals surface area contributed by atoms with Crippen molar-refractivity contribution in [3.05, 3.63) is 114 Å². The Kier molecular flexibility index (Phi) is 7.44. The number of dihydropyridines is 1. The van der Waals surface area contributed by atoms with Gasteiger partial charge in [0.2, 0.25) is 0 Å². The van der Waals surface area contributed by atoms with Gasteiger partial charge in [-0.25, -0.2) is 4.79 Å². The first-order valence-electron chi connectivity index (χ1n) is 12.5. The zero-order chi connectivity index (χ0) is 28.6. The highest BCUT2D eigenvalue weighted by Gasteiger charge is 2.43. The Morgan fingerprint density at radius 2 is 1.82 bits per heavy atom. The lowest BCUT2D eigenvalue weighted by atomic mass is 9.79. The number of ether oxygens (including phenoxy) is 3. The van der Waals surface area contributed by atoms with Crippen LogP contribution in [0.1, 0.15) is 46.8 Å². The quantitative estimate of drug-likeness (QED) is 0.187. The van der Waals surface area contributed by atoms with Gasteiger partial charge in [-0.15, -0.1) is 0 Å². The number of esters is 1. The van der Waals surface area contributed by atoms with Crippen LogP contribution in [0.2, 0.25) is 0 Å². The molecule has 1 aliphatic carbocycles. The fourth-order valence-corrected chi connectivity index (χ4v) is 5.69. The summed E-state index contributed by atoms with van der Waals surface area (Å²) in [5.74, 6) is -0.670. The molecular weight excluding hydrogens is 580 g/mol. The van der Waals surface area contributed by atoms with E-state index in [0.717, 1.165) is 5.56 Å². The van der Waals surface area contributed by atoms with Gasteiger partial charge in [-0.3, -0.25) is 14.9 Å². The van der Waals surface area contributed by atoms with Crippen LogP contribution in [0.5, 0.6) is 11.5 Å². The highest BCUT2D eigenvalue weighted by atomic mass is 79.9. The van der Waals surface area contributed by atoms with Crippen LogP contribution >= 0.6 is 15.9 Å². The number of hydrogen-bond donors (Lipinski definition) is 1. The minimum Gasteiger partial charge on any atom is -0.490 e. The molecule has 40 heavy (non-hydrogen) atoms. The fraction of sp³-hybridized carbons (Fsp3) is 0.200. The number of nitro groups is 1. The maximum Gasteiger partial charge on any atom is 0.336 e. The van der Waals surface area contributed by atoms with E-state index < -0.39 is 16.8 Å². The van der Waals surface area contributed by atoms with Crippen LogP contribution in [0.15, 0.2) is 82.0 Å². The number of hydrogen-bond acceptors (Lipinski definition) is 8. The molecule has 0 bridgehead atoms. The van der Waals surface area contributed by atoms with Gasteiger partial charge < -0.3 is 19.5 Å². The average Bonchev–Trinajstić information content (AvgIpc) is 3.22. The van der Waals surface area contributed by atoms with Crippen LogP contribution in [0, 0.1) is 10.1 Å². The highest BCUT2D eigenvalue weighted by Crippen LogP contribution is 2.49. The molecule has 3 aromatic carbocycles. The lowest BCUT2D eigenvalue weighted by Crippen LogP contribution is -2.29. The minimum atomic E-state index is -0.732. The number of halogens is 1. The second-order valence-electron chi connectivity index (χ2n) is 9.23. The molecule has 9 nitrogen and oxygen atoms in total. The summed E-state index contributed by atoms with van der Waals surface area (Å²) in [6, 6.07) is 17.1. The second-order valence-corrected chi connectivity index (χ2v) is 10.1. The topological polar surface area (TPSA) is 117 Å². The predicted molar refractivity (Wildman–Crippen MR) is 151 cm³/mol. The normalized spacial score (nSPS) is 15.8. The van der Waals surface area contributed by atoms with Crippen molar-refractivity contribution >= 4 is 39.1 Å². The van der Waals surface area contributed by atoms with E-state index in [-0.39, 0.29) is 18.1 Å². The van der Waals surface area contributed by atoms with Gasteiger partial charge >= 0.3 is 5.97 Å². The number of carbonyl (C=O) groups is 2. The lowest BCUT2D eigenvalue weighted by Gasteiger charge is -2.29. The Balaban J connectivity index is 1.59. The monoisotopic (exact) mass is 604 g/mol. The number of rotatable bonds is 8. The van der Waals surface area contributed by atoms with Crippen LogP contribution in [0.25, 0.3) is 5.70 Å². The number of fused-ring (bicyclic) bond motifs is 2. The van der Waals surface area contributed by atoms with Gasteiger partial charge in [-0.05, 0) is 53.0 Å². The third-order valence-electron chi connectivity index (χ3n) is 6.82.